The average molecular weight is 570 g/mol. The van der Waals surface area contributed by atoms with E-state index in [1.807, 2.05) is 35.2 Å². The monoisotopic (exact) mass is 569 g/mol. The highest BCUT2D eigenvalue weighted by atomic mass is 19.1. The Kier molecular flexibility index (Phi) is 10.1. The molecule has 12 heteroatoms. The number of morpholine rings is 1. The highest BCUT2D eigenvalue weighted by molar-refractivity contribution is 5.98. The van der Waals surface area contributed by atoms with Gasteiger partial charge in [0.2, 0.25) is 17.7 Å². The normalized spacial score (nSPS) is 20.8. The zero-order chi connectivity index (χ0) is 29.4. The van der Waals surface area contributed by atoms with Gasteiger partial charge < -0.3 is 25.4 Å². The van der Waals surface area contributed by atoms with Crippen LogP contribution in [-0.2, 0) is 41.5 Å². The molecule has 2 fully saturated rings. The SMILES string of the molecule is CC(NC(=O)CN1CCOCC1)C(=O)NC(Cc1ccc(F)cn1)C(=O)NC(Cc1ccccc1)C(=O)C1(C)CO1. The van der Waals surface area contributed by atoms with Crippen LogP contribution in [0.25, 0.3) is 0 Å². The summed E-state index contributed by atoms with van der Waals surface area (Å²) in [6.45, 7) is 5.88. The zero-order valence-electron chi connectivity index (χ0n) is 23.2. The van der Waals surface area contributed by atoms with Crippen molar-refractivity contribution < 1.29 is 33.0 Å². The van der Waals surface area contributed by atoms with Crippen LogP contribution in [0, 0.1) is 5.82 Å². The fourth-order valence-corrected chi connectivity index (χ4v) is 4.51. The smallest absolute Gasteiger partial charge is 0.243 e. The number of benzene rings is 1. The second-order valence-corrected chi connectivity index (χ2v) is 10.5. The van der Waals surface area contributed by atoms with E-state index in [1.54, 1.807) is 6.92 Å². The van der Waals surface area contributed by atoms with Crippen LogP contribution in [0.3, 0.4) is 0 Å². The number of ether oxygens (including phenoxy) is 2. The van der Waals surface area contributed by atoms with Crippen molar-refractivity contribution in [2.24, 2.45) is 0 Å². The van der Waals surface area contributed by atoms with Crippen molar-refractivity contribution in [2.75, 3.05) is 39.5 Å². The summed E-state index contributed by atoms with van der Waals surface area (Å²) in [6.07, 6.45) is 1.19. The van der Waals surface area contributed by atoms with Gasteiger partial charge in [-0.25, -0.2) is 4.39 Å². The molecule has 0 spiro atoms. The molecule has 1 aromatic heterocycles. The number of rotatable bonds is 13. The van der Waals surface area contributed by atoms with Gasteiger partial charge in [0, 0.05) is 25.2 Å². The Balaban J connectivity index is 1.45. The predicted octanol–water partition coefficient (Wildman–Crippen LogP) is 0.170. The molecular weight excluding hydrogens is 533 g/mol. The summed E-state index contributed by atoms with van der Waals surface area (Å²) in [7, 11) is 0. The second kappa shape index (κ2) is 13.7. The van der Waals surface area contributed by atoms with Crippen molar-refractivity contribution in [3.05, 3.63) is 65.7 Å². The van der Waals surface area contributed by atoms with E-state index >= 15 is 0 Å². The van der Waals surface area contributed by atoms with Gasteiger partial charge in [-0.3, -0.25) is 29.1 Å². The van der Waals surface area contributed by atoms with Gasteiger partial charge in [-0.15, -0.1) is 0 Å². The third-order valence-corrected chi connectivity index (χ3v) is 7.09. The number of halogens is 1. The van der Waals surface area contributed by atoms with Crippen LogP contribution in [0.1, 0.15) is 25.1 Å². The van der Waals surface area contributed by atoms with Crippen LogP contribution in [0.15, 0.2) is 48.7 Å². The first-order chi connectivity index (χ1) is 19.6. The number of nitrogens with one attached hydrogen (secondary N) is 3. The van der Waals surface area contributed by atoms with Crippen molar-refractivity contribution >= 4 is 23.5 Å². The lowest BCUT2D eigenvalue weighted by Crippen LogP contribution is -2.57. The van der Waals surface area contributed by atoms with Gasteiger partial charge in [-0.2, -0.15) is 0 Å². The number of epoxide rings is 1. The Morgan fingerprint density at radius 1 is 0.976 bits per heavy atom. The number of hydrogen-bond acceptors (Lipinski definition) is 8. The molecule has 11 nitrogen and oxygen atoms in total. The number of ketones is 1. The highest BCUT2D eigenvalue weighted by Crippen LogP contribution is 2.29. The van der Waals surface area contributed by atoms with Crippen LogP contribution in [-0.4, -0.2) is 96.6 Å². The van der Waals surface area contributed by atoms with E-state index in [4.69, 9.17) is 9.47 Å². The summed E-state index contributed by atoms with van der Waals surface area (Å²) in [5, 5.41) is 8.13. The Hall–Kier alpha value is -3.74. The van der Waals surface area contributed by atoms with E-state index in [1.165, 1.54) is 19.1 Å². The average Bonchev–Trinajstić information content (AvgIpc) is 3.72. The maximum absolute atomic E-state index is 13.6. The third kappa shape index (κ3) is 8.87. The molecule has 4 atom stereocenters. The summed E-state index contributed by atoms with van der Waals surface area (Å²) in [6, 6.07) is 8.85. The molecule has 0 saturated carbocycles. The van der Waals surface area contributed by atoms with E-state index in [0.717, 1.165) is 11.8 Å². The molecule has 4 unspecified atom stereocenters. The lowest BCUT2D eigenvalue weighted by Gasteiger charge is -2.27. The molecule has 2 saturated heterocycles. The summed E-state index contributed by atoms with van der Waals surface area (Å²) in [5.74, 6) is -2.35. The van der Waals surface area contributed by atoms with Crippen molar-refractivity contribution in [1.82, 2.24) is 25.8 Å². The maximum Gasteiger partial charge on any atom is 0.243 e. The molecule has 1 aromatic carbocycles. The van der Waals surface area contributed by atoms with Gasteiger partial charge in [0.1, 0.15) is 23.5 Å². The fourth-order valence-electron chi connectivity index (χ4n) is 4.51. The second-order valence-electron chi connectivity index (χ2n) is 10.5. The Labute approximate surface area is 238 Å². The maximum atomic E-state index is 13.6. The topological polar surface area (TPSA) is 142 Å². The van der Waals surface area contributed by atoms with Crippen LogP contribution < -0.4 is 16.0 Å². The van der Waals surface area contributed by atoms with E-state index in [9.17, 15) is 23.6 Å². The van der Waals surface area contributed by atoms with Crippen molar-refractivity contribution in [1.29, 1.82) is 0 Å². The van der Waals surface area contributed by atoms with Gasteiger partial charge in [-0.1, -0.05) is 30.3 Å². The largest absolute Gasteiger partial charge is 0.379 e. The number of carbonyl (C=O) groups is 4. The molecule has 220 valence electrons. The fraction of sp³-hybridized carbons (Fsp3) is 0.483. The van der Waals surface area contributed by atoms with E-state index < -0.39 is 41.4 Å². The van der Waals surface area contributed by atoms with Crippen molar-refractivity contribution in [3.63, 3.8) is 0 Å². The van der Waals surface area contributed by atoms with Crippen LogP contribution in [0.4, 0.5) is 4.39 Å². The summed E-state index contributed by atoms with van der Waals surface area (Å²) in [4.78, 5) is 58.4. The molecule has 4 rings (SSSR count). The first-order valence-electron chi connectivity index (χ1n) is 13.7. The Morgan fingerprint density at radius 3 is 2.29 bits per heavy atom. The van der Waals surface area contributed by atoms with E-state index in [-0.39, 0.29) is 37.7 Å². The number of nitrogens with zero attached hydrogens (tertiary/aromatic N) is 2. The molecule has 0 bridgehead atoms. The minimum Gasteiger partial charge on any atom is -0.379 e. The van der Waals surface area contributed by atoms with E-state index in [2.05, 4.69) is 20.9 Å². The first kappa shape index (κ1) is 30.2. The molecule has 41 heavy (non-hydrogen) atoms. The predicted molar refractivity (Wildman–Crippen MR) is 146 cm³/mol. The number of carbonyl (C=O) groups excluding carboxylic acids is 4. The third-order valence-electron chi connectivity index (χ3n) is 7.09. The lowest BCUT2D eigenvalue weighted by molar-refractivity contribution is -0.134. The Bertz CT molecular complexity index is 1220. The van der Waals surface area contributed by atoms with Crippen molar-refractivity contribution in [3.8, 4) is 0 Å². The van der Waals surface area contributed by atoms with Gasteiger partial charge in [0.15, 0.2) is 5.78 Å². The first-order valence-corrected chi connectivity index (χ1v) is 13.7. The number of hydrogen-bond donors (Lipinski definition) is 3. The molecule has 2 aromatic rings. The van der Waals surface area contributed by atoms with E-state index in [0.29, 0.717) is 32.0 Å². The van der Waals surface area contributed by atoms with Crippen LogP contribution >= 0.6 is 0 Å². The standard InChI is InChI=1S/C29H36FN5O6/c1-19(32-25(36)17-35-10-12-40-13-11-35)27(38)34-24(15-22-9-8-21(30)16-31-22)28(39)33-23(26(37)29(2)18-41-29)14-20-6-4-3-5-7-20/h3-9,16,19,23-24H,10-15,17-18H2,1-2H3,(H,32,36)(H,33,39)(H,34,38). The molecule has 3 N–H and O–H groups in total. The number of amides is 3. The summed E-state index contributed by atoms with van der Waals surface area (Å²) < 4.78 is 24.1. The molecular formula is C29H36FN5O6. The molecule has 2 aliphatic rings. The van der Waals surface area contributed by atoms with Gasteiger partial charge >= 0.3 is 0 Å². The molecule has 3 heterocycles. The molecule has 2 aliphatic heterocycles. The highest BCUT2D eigenvalue weighted by Gasteiger charge is 2.50. The summed E-state index contributed by atoms with van der Waals surface area (Å²) in [5.41, 5.74) is 0.218. The van der Waals surface area contributed by atoms with Gasteiger partial charge in [0.05, 0.1) is 38.6 Å². The molecule has 3 amide bonds. The lowest BCUT2D eigenvalue weighted by atomic mass is 9.94. The molecule has 0 radical (unpaired) electrons. The number of aromatic nitrogens is 1. The summed E-state index contributed by atoms with van der Waals surface area (Å²) >= 11 is 0. The number of Topliss-reactive ketones (excluding diaryl/α,β-unsaturated/α-hetero) is 1. The van der Waals surface area contributed by atoms with Crippen LogP contribution in [0.5, 0.6) is 0 Å². The number of pyridine rings is 1. The molecule has 0 aliphatic carbocycles. The minimum atomic E-state index is -1.15. The quantitative estimate of drug-likeness (QED) is 0.290. The van der Waals surface area contributed by atoms with Crippen molar-refractivity contribution in [2.45, 2.75) is 50.4 Å². The zero-order valence-corrected chi connectivity index (χ0v) is 23.2. The minimum absolute atomic E-state index is 0.0632. The van der Waals surface area contributed by atoms with Gasteiger partial charge in [-0.05, 0) is 38.0 Å². The Morgan fingerprint density at radius 2 is 1.66 bits per heavy atom. The van der Waals surface area contributed by atoms with Gasteiger partial charge in [0.25, 0.3) is 0 Å². The van der Waals surface area contributed by atoms with Crippen LogP contribution in [0.2, 0.25) is 0 Å².